The molecule has 2 aromatic heterocycles. The van der Waals surface area contributed by atoms with Gasteiger partial charge < -0.3 is 4.98 Å². The van der Waals surface area contributed by atoms with Gasteiger partial charge in [-0.15, -0.1) is 5.10 Å². The van der Waals surface area contributed by atoms with Crippen LogP contribution < -0.4 is 5.56 Å². The number of imidazole rings is 1. The SMILES string of the molecule is CCc1nc(CC(C)C)n2nc(-c3cccc4ccccc34)[nH]c(=O)c12. The van der Waals surface area contributed by atoms with E-state index in [2.05, 4.69) is 42.0 Å². The Kier molecular flexibility index (Phi) is 4.07. The Balaban J connectivity index is 2.01. The largest absolute Gasteiger partial charge is 0.303 e. The Labute approximate surface area is 151 Å². The summed E-state index contributed by atoms with van der Waals surface area (Å²) in [5.74, 6) is 1.86. The Morgan fingerprint density at radius 3 is 2.65 bits per heavy atom. The first-order valence-corrected chi connectivity index (χ1v) is 9.07. The fourth-order valence-corrected chi connectivity index (χ4v) is 3.43. The summed E-state index contributed by atoms with van der Waals surface area (Å²) in [7, 11) is 0. The molecule has 132 valence electrons. The molecular formula is C21H22N4O. The number of nitrogens with one attached hydrogen (secondary N) is 1. The molecule has 0 aliphatic carbocycles. The fourth-order valence-electron chi connectivity index (χ4n) is 3.43. The summed E-state index contributed by atoms with van der Waals surface area (Å²) in [5.41, 5.74) is 2.15. The quantitative estimate of drug-likeness (QED) is 0.607. The summed E-state index contributed by atoms with van der Waals surface area (Å²) >= 11 is 0. The zero-order chi connectivity index (χ0) is 18.3. The molecule has 5 nitrogen and oxygen atoms in total. The molecule has 0 fully saturated rings. The summed E-state index contributed by atoms with van der Waals surface area (Å²) < 4.78 is 1.74. The van der Waals surface area contributed by atoms with Crippen molar-refractivity contribution < 1.29 is 0 Å². The molecule has 5 heteroatoms. The lowest BCUT2D eigenvalue weighted by Gasteiger charge is -2.08. The van der Waals surface area contributed by atoms with Gasteiger partial charge in [0.15, 0.2) is 11.3 Å². The third kappa shape index (κ3) is 2.69. The van der Waals surface area contributed by atoms with Gasteiger partial charge in [-0.1, -0.05) is 63.2 Å². The molecule has 1 N–H and O–H groups in total. The number of H-pyrrole nitrogens is 1. The highest BCUT2D eigenvalue weighted by molar-refractivity contribution is 5.94. The van der Waals surface area contributed by atoms with E-state index in [1.54, 1.807) is 4.52 Å². The molecule has 0 atom stereocenters. The molecule has 0 spiro atoms. The first-order valence-electron chi connectivity index (χ1n) is 9.07. The average molecular weight is 346 g/mol. The van der Waals surface area contributed by atoms with E-state index >= 15 is 0 Å². The summed E-state index contributed by atoms with van der Waals surface area (Å²) in [6.07, 6.45) is 1.49. The number of hydrogen-bond donors (Lipinski definition) is 1. The molecule has 0 bridgehead atoms. The molecule has 0 amide bonds. The van der Waals surface area contributed by atoms with Crippen LogP contribution in [0, 0.1) is 5.92 Å². The van der Waals surface area contributed by atoms with Crippen molar-refractivity contribution in [3.63, 3.8) is 0 Å². The van der Waals surface area contributed by atoms with Crippen LogP contribution in [0.25, 0.3) is 27.7 Å². The van der Waals surface area contributed by atoms with Gasteiger partial charge in [-0.25, -0.2) is 9.50 Å². The van der Waals surface area contributed by atoms with Crippen LogP contribution in [0.2, 0.25) is 0 Å². The summed E-state index contributed by atoms with van der Waals surface area (Å²) in [5, 5.41) is 6.97. The minimum absolute atomic E-state index is 0.137. The van der Waals surface area contributed by atoms with Crippen LogP contribution >= 0.6 is 0 Å². The van der Waals surface area contributed by atoms with Crippen molar-refractivity contribution in [2.45, 2.75) is 33.6 Å². The number of rotatable bonds is 4. The van der Waals surface area contributed by atoms with Crippen LogP contribution in [0.15, 0.2) is 47.3 Å². The number of aromatic amines is 1. The van der Waals surface area contributed by atoms with E-state index in [9.17, 15) is 4.79 Å². The first-order chi connectivity index (χ1) is 12.6. The van der Waals surface area contributed by atoms with Crippen LogP contribution in [0.4, 0.5) is 0 Å². The maximum absolute atomic E-state index is 12.8. The zero-order valence-electron chi connectivity index (χ0n) is 15.3. The fraction of sp³-hybridized carbons (Fsp3) is 0.286. The Bertz CT molecular complexity index is 1150. The number of hydrogen-bond acceptors (Lipinski definition) is 3. The van der Waals surface area contributed by atoms with Crippen molar-refractivity contribution >= 4 is 16.3 Å². The van der Waals surface area contributed by atoms with Crippen molar-refractivity contribution in [2.75, 3.05) is 0 Å². The normalized spacial score (nSPS) is 11.7. The smallest absolute Gasteiger partial charge is 0.277 e. The molecule has 2 aromatic carbocycles. The van der Waals surface area contributed by atoms with Gasteiger partial charge in [0.1, 0.15) is 5.82 Å². The molecule has 0 saturated carbocycles. The van der Waals surface area contributed by atoms with Gasteiger partial charge in [-0.05, 0) is 23.1 Å². The topological polar surface area (TPSA) is 63.1 Å². The van der Waals surface area contributed by atoms with Crippen LogP contribution in [0.1, 0.15) is 32.3 Å². The van der Waals surface area contributed by atoms with Crippen LogP contribution in [-0.2, 0) is 12.8 Å². The number of benzene rings is 2. The third-order valence-electron chi connectivity index (χ3n) is 4.61. The molecular weight excluding hydrogens is 324 g/mol. The molecule has 0 aliphatic rings. The Hall–Kier alpha value is -2.95. The predicted molar refractivity (Wildman–Crippen MR) is 104 cm³/mol. The highest BCUT2D eigenvalue weighted by atomic mass is 16.1. The maximum Gasteiger partial charge on any atom is 0.277 e. The van der Waals surface area contributed by atoms with Crippen molar-refractivity contribution in [1.82, 2.24) is 19.6 Å². The second-order valence-electron chi connectivity index (χ2n) is 7.02. The second-order valence-corrected chi connectivity index (χ2v) is 7.02. The lowest BCUT2D eigenvalue weighted by molar-refractivity contribution is 0.606. The molecule has 0 unspecified atom stereocenters. The highest BCUT2D eigenvalue weighted by Crippen LogP contribution is 2.26. The average Bonchev–Trinajstić information content (AvgIpc) is 2.98. The molecule has 0 aliphatic heterocycles. The molecule has 4 rings (SSSR count). The Morgan fingerprint density at radius 1 is 1.12 bits per heavy atom. The van der Waals surface area contributed by atoms with Crippen LogP contribution in [0.5, 0.6) is 0 Å². The minimum atomic E-state index is -0.137. The standard InChI is InChI=1S/C21H22N4O/c1-4-17-19-21(26)23-20(24-25(19)18(22-17)12-13(2)3)16-11-7-9-14-8-5-6-10-15(14)16/h5-11,13H,4,12H2,1-3H3,(H,23,24,26). The number of fused-ring (bicyclic) bond motifs is 2. The molecule has 26 heavy (non-hydrogen) atoms. The van der Waals surface area contributed by atoms with E-state index in [0.29, 0.717) is 23.7 Å². The monoisotopic (exact) mass is 346 g/mol. The third-order valence-corrected chi connectivity index (χ3v) is 4.61. The summed E-state index contributed by atoms with van der Waals surface area (Å²) in [4.78, 5) is 20.5. The lowest BCUT2D eigenvalue weighted by atomic mass is 10.0. The van der Waals surface area contributed by atoms with Gasteiger partial charge in [0.2, 0.25) is 0 Å². The van der Waals surface area contributed by atoms with Crippen molar-refractivity contribution in [3.05, 3.63) is 64.3 Å². The number of nitrogens with zero attached hydrogens (tertiary/aromatic N) is 3. The van der Waals surface area contributed by atoms with Gasteiger partial charge in [0.25, 0.3) is 5.56 Å². The van der Waals surface area contributed by atoms with Crippen molar-refractivity contribution in [2.24, 2.45) is 5.92 Å². The molecule has 4 aromatic rings. The van der Waals surface area contributed by atoms with E-state index in [-0.39, 0.29) is 5.56 Å². The zero-order valence-corrected chi connectivity index (χ0v) is 15.3. The Morgan fingerprint density at radius 2 is 1.88 bits per heavy atom. The predicted octanol–water partition coefficient (Wildman–Crippen LogP) is 4.00. The lowest BCUT2D eigenvalue weighted by Crippen LogP contribution is -2.16. The molecule has 0 saturated heterocycles. The second kappa shape index (κ2) is 6.41. The van der Waals surface area contributed by atoms with E-state index in [1.165, 1.54) is 0 Å². The first kappa shape index (κ1) is 16.5. The van der Waals surface area contributed by atoms with Crippen LogP contribution in [-0.4, -0.2) is 19.6 Å². The van der Waals surface area contributed by atoms with Gasteiger partial charge in [-0.3, -0.25) is 4.79 Å². The van der Waals surface area contributed by atoms with E-state index in [4.69, 9.17) is 5.10 Å². The van der Waals surface area contributed by atoms with Gasteiger partial charge >= 0.3 is 0 Å². The maximum atomic E-state index is 12.8. The van der Waals surface area contributed by atoms with E-state index in [1.807, 2.05) is 31.2 Å². The van der Waals surface area contributed by atoms with Gasteiger partial charge in [0, 0.05) is 12.0 Å². The molecule has 0 radical (unpaired) electrons. The highest BCUT2D eigenvalue weighted by Gasteiger charge is 2.17. The summed E-state index contributed by atoms with van der Waals surface area (Å²) in [6, 6.07) is 14.2. The van der Waals surface area contributed by atoms with E-state index in [0.717, 1.165) is 34.3 Å². The molecule has 2 heterocycles. The number of aryl methyl sites for hydroxylation is 1. The minimum Gasteiger partial charge on any atom is -0.303 e. The van der Waals surface area contributed by atoms with E-state index < -0.39 is 0 Å². The van der Waals surface area contributed by atoms with Crippen LogP contribution in [0.3, 0.4) is 0 Å². The van der Waals surface area contributed by atoms with Crippen molar-refractivity contribution in [3.8, 4) is 11.4 Å². The summed E-state index contributed by atoms with van der Waals surface area (Å²) in [6.45, 7) is 6.30. The number of aromatic nitrogens is 4. The van der Waals surface area contributed by atoms with Crippen molar-refractivity contribution in [1.29, 1.82) is 0 Å². The van der Waals surface area contributed by atoms with Gasteiger partial charge in [-0.2, -0.15) is 0 Å². The van der Waals surface area contributed by atoms with Gasteiger partial charge in [0.05, 0.1) is 5.69 Å².